The maximum Gasteiger partial charge on any atom is 0.153 e. The molecule has 134 valence electrons. The summed E-state index contributed by atoms with van der Waals surface area (Å²) in [4.78, 5) is 21.7. The SMILES string of the molecule is Cc1cccc(Nc2nccnc2C2CCN(Cc3cncs3)CC2)n1. The molecule has 0 amide bonds. The Kier molecular flexibility index (Phi) is 5.17. The summed E-state index contributed by atoms with van der Waals surface area (Å²) in [7, 11) is 0. The van der Waals surface area contributed by atoms with Crippen LogP contribution in [0.25, 0.3) is 0 Å². The van der Waals surface area contributed by atoms with Crippen molar-refractivity contribution in [3.05, 3.63) is 58.6 Å². The highest BCUT2D eigenvalue weighted by Gasteiger charge is 2.24. The van der Waals surface area contributed by atoms with E-state index in [4.69, 9.17) is 0 Å². The molecule has 0 spiro atoms. The largest absolute Gasteiger partial charge is 0.323 e. The second-order valence-corrected chi connectivity index (χ2v) is 7.57. The van der Waals surface area contributed by atoms with Gasteiger partial charge in [0, 0.05) is 41.6 Å². The van der Waals surface area contributed by atoms with Crippen LogP contribution in [-0.2, 0) is 6.54 Å². The lowest BCUT2D eigenvalue weighted by Crippen LogP contribution is -2.32. The molecule has 1 aliphatic heterocycles. The molecule has 1 fully saturated rings. The lowest BCUT2D eigenvalue weighted by molar-refractivity contribution is 0.205. The van der Waals surface area contributed by atoms with Gasteiger partial charge in [0.05, 0.1) is 11.2 Å². The average Bonchev–Trinajstić information content (AvgIpc) is 3.16. The highest BCUT2D eigenvalue weighted by Crippen LogP contribution is 2.32. The third-order valence-electron chi connectivity index (χ3n) is 4.70. The van der Waals surface area contributed by atoms with Crippen molar-refractivity contribution < 1.29 is 0 Å². The summed E-state index contributed by atoms with van der Waals surface area (Å²) in [5, 5.41) is 3.35. The molecule has 1 aliphatic rings. The molecule has 4 rings (SSSR count). The van der Waals surface area contributed by atoms with Crippen LogP contribution in [0.5, 0.6) is 0 Å². The molecule has 7 heteroatoms. The van der Waals surface area contributed by atoms with Gasteiger partial charge in [0.2, 0.25) is 0 Å². The monoisotopic (exact) mass is 366 g/mol. The van der Waals surface area contributed by atoms with Gasteiger partial charge in [-0.05, 0) is 45.0 Å². The molecule has 0 radical (unpaired) electrons. The molecule has 0 saturated carbocycles. The molecule has 0 bridgehead atoms. The van der Waals surface area contributed by atoms with Crippen LogP contribution in [0.1, 0.15) is 35.0 Å². The van der Waals surface area contributed by atoms with E-state index in [9.17, 15) is 0 Å². The number of hydrogen-bond acceptors (Lipinski definition) is 7. The van der Waals surface area contributed by atoms with Crippen molar-refractivity contribution in [1.82, 2.24) is 24.8 Å². The van der Waals surface area contributed by atoms with Crippen LogP contribution in [0.2, 0.25) is 0 Å². The minimum atomic E-state index is 0.425. The standard InChI is InChI=1S/C19H22N6S/c1-14-3-2-4-17(23-14)24-19-18(21-7-8-22-19)15-5-9-25(10-6-15)12-16-11-20-13-26-16/h2-4,7-8,11,13,15H,5-6,9-10,12H2,1H3,(H,22,23,24). The number of nitrogens with zero attached hydrogens (tertiary/aromatic N) is 5. The second kappa shape index (κ2) is 7.88. The first-order chi connectivity index (χ1) is 12.8. The van der Waals surface area contributed by atoms with Crippen LogP contribution < -0.4 is 5.32 Å². The van der Waals surface area contributed by atoms with Crippen LogP contribution in [0.3, 0.4) is 0 Å². The molecule has 0 aromatic carbocycles. The summed E-state index contributed by atoms with van der Waals surface area (Å²) in [5.74, 6) is 2.06. The Balaban J connectivity index is 1.43. The first kappa shape index (κ1) is 17.1. The Morgan fingerprint density at radius 3 is 2.81 bits per heavy atom. The highest BCUT2D eigenvalue weighted by molar-refractivity contribution is 7.09. The summed E-state index contributed by atoms with van der Waals surface area (Å²) >= 11 is 1.73. The Morgan fingerprint density at radius 2 is 2.04 bits per heavy atom. The number of thiazole rings is 1. The first-order valence-corrected chi connectivity index (χ1v) is 9.77. The molecule has 0 unspecified atom stereocenters. The number of piperidine rings is 1. The molecular weight excluding hydrogens is 344 g/mol. The van der Waals surface area contributed by atoms with E-state index < -0.39 is 0 Å². The number of pyridine rings is 1. The smallest absolute Gasteiger partial charge is 0.153 e. The Hall–Kier alpha value is -2.38. The minimum absolute atomic E-state index is 0.425. The Morgan fingerprint density at radius 1 is 1.19 bits per heavy atom. The van der Waals surface area contributed by atoms with Gasteiger partial charge in [-0.2, -0.15) is 0 Å². The van der Waals surface area contributed by atoms with E-state index >= 15 is 0 Å². The zero-order valence-corrected chi connectivity index (χ0v) is 15.6. The van der Waals surface area contributed by atoms with Crippen molar-refractivity contribution in [1.29, 1.82) is 0 Å². The lowest BCUT2D eigenvalue weighted by Gasteiger charge is -2.31. The number of nitrogens with one attached hydrogen (secondary N) is 1. The van der Waals surface area contributed by atoms with E-state index in [1.165, 1.54) is 4.88 Å². The third-order valence-corrected chi connectivity index (χ3v) is 5.46. The number of likely N-dealkylation sites (tertiary alicyclic amines) is 1. The van der Waals surface area contributed by atoms with Gasteiger partial charge in [-0.15, -0.1) is 11.3 Å². The maximum absolute atomic E-state index is 4.64. The summed E-state index contributed by atoms with van der Waals surface area (Å²) in [6, 6.07) is 5.95. The zero-order valence-electron chi connectivity index (χ0n) is 14.8. The Labute approximate surface area is 157 Å². The van der Waals surface area contributed by atoms with Gasteiger partial charge in [-0.1, -0.05) is 6.07 Å². The predicted molar refractivity (Wildman–Crippen MR) is 104 cm³/mol. The van der Waals surface area contributed by atoms with Crippen LogP contribution >= 0.6 is 11.3 Å². The predicted octanol–water partition coefficient (Wildman–Crippen LogP) is 3.76. The van der Waals surface area contributed by atoms with E-state index in [-0.39, 0.29) is 0 Å². The van der Waals surface area contributed by atoms with E-state index in [0.717, 1.165) is 55.5 Å². The van der Waals surface area contributed by atoms with Gasteiger partial charge >= 0.3 is 0 Å². The number of hydrogen-bond donors (Lipinski definition) is 1. The van der Waals surface area contributed by atoms with Crippen molar-refractivity contribution in [2.45, 2.75) is 32.2 Å². The van der Waals surface area contributed by atoms with Crippen LogP contribution in [0, 0.1) is 6.92 Å². The third kappa shape index (κ3) is 4.05. The van der Waals surface area contributed by atoms with Gasteiger partial charge in [-0.3, -0.25) is 14.9 Å². The molecule has 0 atom stereocenters. The van der Waals surface area contributed by atoms with Crippen molar-refractivity contribution in [3.8, 4) is 0 Å². The van der Waals surface area contributed by atoms with Gasteiger partial charge in [0.15, 0.2) is 5.82 Å². The molecule has 1 N–H and O–H groups in total. The topological polar surface area (TPSA) is 66.8 Å². The second-order valence-electron chi connectivity index (χ2n) is 6.60. The molecule has 3 aromatic heterocycles. The van der Waals surface area contributed by atoms with E-state index in [2.05, 4.69) is 30.2 Å². The molecule has 0 aliphatic carbocycles. The first-order valence-electron chi connectivity index (χ1n) is 8.89. The van der Waals surface area contributed by atoms with E-state index in [1.807, 2.05) is 36.8 Å². The summed E-state index contributed by atoms with van der Waals surface area (Å²) in [5.41, 5.74) is 3.93. The summed E-state index contributed by atoms with van der Waals surface area (Å²) in [6.07, 6.45) is 7.67. The number of aryl methyl sites for hydroxylation is 1. The van der Waals surface area contributed by atoms with E-state index in [0.29, 0.717) is 5.92 Å². The van der Waals surface area contributed by atoms with Crippen molar-refractivity contribution in [3.63, 3.8) is 0 Å². The van der Waals surface area contributed by atoms with Crippen molar-refractivity contribution in [2.24, 2.45) is 0 Å². The van der Waals surface area contributed by atoms with Gasteiger partial charge in [-0.25, -0.2) is 9.97 Å². The lowest BCUT2D eigenvalue weighted by atomic mass is 9.93. The van der Waals surface area contributed by atoms with Crippen LogP contribution in [-0.4, -0.2) is 37.9 Å². The molecule has 1 saturated heterocycles. The molecule has 6 nitrogen and oxygen atoms in total. The summed E-state index contributed by atoms with van der Waals surface area (Å²) in [6.45, 7) is 5.13. The number of aromatic nitrogens is 4. The fourth-order valence-corrected chi connectivity index (χ4v) is 4.02. The van der Waals surface area contributed by atoms with Crippen molar-refractivity contribution >= 4 is 23.0 Å². The highest BCUT2D eigenvalue weighted by atomic mass is 32.1. The van der Waals surface area contributed by atoms with Crippen molar-refractivity contribution in [2.75, 3.05) is 18.4 Å². The fraction of sp³-hybridized carbons (Fsp3) is 0.368. The normalized spacial score (nSPS) is 15.9. The molecule has 3 aromatic rings. The Bertz CT molecular complexity index is 843. The van der Waals surface area contributed by atoms with Crippen LogP contribution in [0.15, 0.2) is 42.3 Å². The number of anilines is 2. The molecular formula is C19H22N6S. The van der Waals surface area contributed by atoms with Crippen LogP contribution in [0.4, 0.5) is 11.6 Å². The van der Waals surface area contributed by atoms with Gasteiger partial charge in [0.1, 0.15) is 5.82 Å². The number of rotatable bonds is 5. The zero-order chi connectivity index (χ0) is 17.8. The molecule has 26 heavy (non-hydrogen) atoms. The van der Waals surface area contributed by atoms with Gasteiger partial charge < -0.3 is 5.32 Å². The fourth-order valence-electron chi connectivity index (χ4n) is 3.38. The minimum Gasteiger partial charge on any atom is -0.323 e. The molecule has 4 heterocycles. The average molecular weight is 366 g/mol. The quantitative estimate of drug-likeness (QED) is 0.742. The maximum atomic E-state index is 4.64. The van der Waals surface area contributed by atoms with E-state index in [1.54, 1.807) is 23.7 Å². The summed E-state index contributed by atoms with van der Waals surface area (Å²) < 4.78 is 0. The van der Waals surface area contributed by atoms with Gasteiger partial charge in [0.25, 0.3) is 0 Å².